The fourth-order valence-corrected chi connectivity index (χ4v) is 3.53. The highest BCUT2D eigenvalue weighted by Crippen LogP contribution is 2.46. The van der Waals surface area contributed by atoms with Crippen molar-refractivity contribution in [2.45, 2.75) is 42.9 Å². The zero-order valence-corrected chi connectivity index (χ0v) is 10.5. The number of hydrogen-bond acceptors (Lipinski definition) is 4. The van der Waals surface area contributed by atoms with Crippen molar-refractivity contribution in [2.75, 3.05) is 7.05 Å². The van der Waals surface area contributed by atoms with E-state index in [2.05, 4.69) is 23.0 Å². The number of pyridine rings is 1. The highest BCUT2D eigenvalue weighted by atomic mass is 16.3. The lowest BCUT2D eigenvalue weighted by atomic mass is 9.71. The topological polar surface area (TPSA) is 60.1 Å². The van der Waals surface area contributed by atoms with Gasteiger partial charge in [-0.05, 0) is 37.9 Å². The Morgan fingerprint density at radius 3 is 3.00 bits per heavy atom. The minimum atomic E-state index is -0.479. The second-order valence-electron chi connectivity index (χ2n) is 5.53. The summed E-state index contributed by atoms with van der Waals surface area (Å²) in [5.41, 5.74) is 0.512. The Kier molecular flexibility index (Phi) is 2.61. The van der Waals surface area contributed by atoms with E-state index in [0.29, 0.717) is 12.5 Å². The molecular weight excluding hydrogens is 226 g/mol. The Balaban J connectivity index is 1.99. The van der Waals surface area contributed by atoms with Crippen LogP contribution >= 0.6 is 0 Å². The molecule has 4 heteroatoms. The summed E-state index contributed by atoms with van der Waals surface area (Å²) in [5, 5.41) is 19.7. The van der Waals surface area contributed by atoms with E-state index in [0.717, 1.165) is 18.4 Å². The lowest BCUT2D eigenvalue weighted by Gasteiger charge is -2.41. The monoisotopic (exact) mass is 243 g/mol. The van der Waals surface area contributed by atoms with Crippen molar-refractivity contribution in [3.8, 4) is 6.07 Å². The summed E-state index contributed by atoms with van der Waals surface area (Å²) >= 11 is 0. The fraction of sp³-hybridized carbons (Fsp3) is 0.571. The van der Waals surface area contributed by atoms with Gasteiger partial charge < -0.3 is 5.11 Å². The van der Waals surface area contributed by atoms with E-state index in [4.69, 9.17) is 0 Å². The number of rotatable bonds is 1. The van der Waals surface area contributed by atoms with Crippen molar-refractivity contribution in [3.05, 3.63) is 30.1 Å². The van der Waals surface area contributed by atoms with Crippen molar-refractivity contribution in [1.82, 2.24) is 9.88 Å². The molecule has 2 saturated heterocycles. The van der Waals surface area contributed by atoms with Crippen LogP contribution in [-0.4, -0.2) is 40.2 Å². The molecule has 4 nitrogen and oxygen atoms in total. The van der Waals surface area contributed by atoms with Gasteiger partial charge in [0.2, 0.25) is 0 Å². The first-order valence-corrected chi connectivity index (χ1v) is 6.38. The Hall–Kier alpha value is -1.44. The third-order valence-electron chi connectivity index (χ3n) is 4.63. The SMILES string of the molecule is CN1C2CC(O)C1CC(C#N)(c1cccnc1)C2. The van der Waals surface area contributed by atoms with Crippen LogP contribution in [0, 0.1) is 11.3 Å². The summed E-state index contributed by atoms with van der Waals surface area (Å²) in [6.45, 7) is 0. The second-order valence-corrected chi connectivity index (χ2v) is 5.53. The molecular formula is C14H17N3O. The number of nitrogens with zero attached hydrogens (tertiary/aromatic N) is 3. The molecule has 2 aliphatic heterocycles. The maximum absolute atomic E-state index is 10.1. The molecule has 4 atom stereocenters. The molecule has 3 rings (SSSR count). The summed E-state index contributed by atoms with van der Waals surface area (Å²) < 4.78 is 0. The number of aromatic nitrogens is 1. The van der Waals surface area contributed by atoms with Crippen molar-refractivity contribution in [2.24, 2.45) is 0 Å². The molecule has 18 heavy (non-hydrogen) atoms. The van der Waals surface area contributed by atoms with Gasteiger partial charge in [0.15, 0.2) is 0 Å². The van der Waals surface area contributed by atoms with Crippen molar-refractivity contribution >= 4 is 0 Å². The summed E-state index contributed by atoms with van der Waals surface area (Å²) in [5.74, 6) is 0. The van der Waals surface area contributed by atoms with E-state index in [1.54, 1.807) is 12.4 Å². The lowest BCUT2D eigenvalue weighted by molar-refractivity contribution is 0.0811. The van der Waals surface area contributed by atoms with Gasteiger partial charge in [-0.3, -0.25) is 9.88 Å². The van der Waals surface area contributed by atoms with Crippen molar-refractivity contribution < 1.29 is 5.11 Å². The first-order valence-electron chi connectivity index (χ1n) is 6.38. The van der Waals surface area contributed by atoms with Crippen LogP contribution in [0.25, 0.3) is 0 Å². The van der Waals surface area contributed by atoms with Gasteiger partial charge in [-0.2, -0.15) is 5.26 Å². The first-order chi connectivity index (χ1) is 8.66. The molecule has 0 aromatic carbocycles. The Labute approximate surface area is 107 Å². The molecule has 2 aliphatic rings. The summed E-state index contributed by atoms with van der Waals surface area (Å²) in [6, 6.07) is 6.76. The number of likely N-dealkylation sites (N-methyl/N-ethyl adjacent to an activating group) is 1. The highest BCUT2D eigenvalue weighted by Gasteiger charge is 2.51. The molecule has 2 fully saturated rings. The van der Waals surface area contributed by atoms with E-state index in [1.165, 1.54) is 0 Å². The number of fused-ring (bicyclic) bond motifs is 2. The highest BCUT2D eigenvalue weighted by molar-refractivity contribution is 5.33. The van der Waals surface area contributed by atoms with Gasteiger partial charge in [0.1, 0.15) is 0 Å². The summed E-state index contributed by atoms with van der Waals surface area (Å²) in [6.07, 6.45) is 5.49. The van der Waals surface area contributed by atoms with Gasteiger partial charge in [0.25, 0.3) is 0 Å². The van der Waals surface area contributed by atoms with Crippen LogP contribution in [0.2, 0.25) is 0 Å². The van der Waals surface area contributed by atoms with Crippen LogP contribution in [-0.2, 0) is 5.41 Å². The number of aliphatic hydroxyl groups excluding tert-OH is 1. The first kappa shape index (κ1) is 11.6. The minimum Gasteiger partial charge on any atom is -0.391 e. The molecule has 1 N–H and O–H groups in total. The molecule has 2 bridgehead atoms. The van der Waals surface area contributed by atoms with E-state index in [-0.39, 0.29) is 12.1 Å². The summed E-state index contributed by atoms with van der Waals surface area (Å²) in [7, 11) is 2.05. The zero-order chi connectivity index (χ0) is 12.8. The van der Waals surface area contributed by atoms with Gasteiger partial charge in [-0.25, -0.2) is 0 Å². The largest absolute Gasteiger partial charge is 0.391 e. The van der Waals surface area contributed by atoms with Crippen LogP contribution in [0.4, 0.5) is 0 Å². The maximum Gasteiger partial charge on any atom is 0.0867 e. The minimum absolute atomic E-state index is 0.101. The van der Waals surface area contributed by atoms with Gasteiger partial charge in [-0.1, -0.05) is 6.07 Å². The number of nitriles is 1. The molecule has 94 valence electrons. The van der Waals surface area contributed by atoms with Crippen LogP contribution in [0.3, 0.4) is 0 Å². The normalized spacial score (nSPS) is 39.5. The van der Waals surface area contributed by atoms with Gasteiger partial charge in [0, 0.05) is 24.5 Å². The van der Waals surface area contributed by atoms with E-state index in [9.17, 15) is 10.4 Å². The molecule has 4 unspecified atom stereocenters. The second kappa shape index (κ2) is 4.04. The van der Waals surface area contributed by atoms with Gasteiger partial charge in [0.05, 0.1) is 17.6 Å². The quantitative estimate of drug-likeness (QED) is 0.801. The van der Waals surface area contributed by atoms with Gasteiger partial charge >= 0.3 is 0 Å². The fourth-order valence-electron chi connectivity index (χ4n) is 3.53. The van der Waals surface area contributed by atoms with E-state index >= 15 is 0 Å². The summed E-state index contributed by atoms with van der Waals surface area (Å²) in [4.78, 5) is 6.37. The Morgan fingerprint density at radius 1 is 1.56 bits per heavy atom. The van der Waals surface area contributed by atoms with E-state index in [1.807, 2.05) is 12.1 Å². The third-order valence-corrected chi connectivity index (χ3v) is 4.63. The van der Waals surface area contributed by atoms with Crippen LogP contribution in [0.5, 0.6) is 0 Å². The molecule has 0 radical (unpaired) electrons. The number of hydrogen-bond donors (Lipinski definition) is 1. The Bertz CT molecular complexity index is 484. The molecule has 0 amide bonds. The van der Waals surface area contributed by atoms with Crippen LogP contribution < -0.4 is 0 Å². The number of aliphatic hydroxyl groups is 1. The predicted molar refractivity (Wildman–Crippen MR) is 66.7 cm³/mol. The average Bonchev–Trinajstić information content (AvgIpc) is 2.59. The third kappa shape index (κ3) is 1.55. The maximum atomic E-state index is 10.1. The zero-order valence-electron chi connectivity index (χ0n) is 10.5. The molecule has 0 saturated carbocycles. The lowest BCUT2D eigenvalue weighted by Crippen LogP contribution is -2.48. The standard InChI is InChI=1S/C14H17N3O/c1-17-11-5-13(18)12(17)7-14(6-11,9-15)10-3-2-4-16-8-10/h2-4,8,11-13,18H,5-7H2,1H3. The Morgan fingerprint density at radius 2 is 2.39 bits per heavy atom. The predicted octanol–water partition coefficient (Wildman–Crippen LogP) is 1.07. The van der Waals surface area contributed by atoms with Crippen molar-refractivity contribution in [1.29, 1.82) is 5.26 Å². The van der Waals surface area contributed by atoms with Crippen molar-refractivity contribution in [3.63, 3.8) is 0 Å². The molecule has 0 spiro atoms. The van der Waals surface area contributed by atoms with Crippen LogP contribution in [0.1, 0.15) is 24.8 Å². The molecule has 3 heterocycles. The van der Waals surface area contributed by atoms with Crippen LogP contribution in [0.15, 0.2) is 24.5 Å². The van der Waals surface area contributed by atoms with Gasteiger partial charge in [-0.15, -0.1) is 0 Å². The molecule has 1 aromatic heterocycles. The molecule has 0 aliphatic carbocycles. The number of piperidine rings is 1. The van der Waals surface area contributed by atoms with E-state index < -0.39 is 5.41 Å². The molecule has 1 aromatic rings. The average molecular weight is 243 g/mol. The smallest absolute Gasteiger partial charge is 0.0867 e.